The lowest BCUT2D eigenvalue weighted by atomic mass is 10.3. The normalized spacial score (nSPS) is 9.23. The van der Waals surface area contributed by atoms with Crippen molar-refractivity contribution in [3.63, 3.8) is 0 Å². The molecule has 0 bridgehead atoms. The highest BCUT2D eigenvalue weighted by Crippen LogP contribution is 2.19. The molecule has 0 aliphatic carbocycles. The number of halogens is 1. The Labute approximate surface area is 84.9 Å². The van der Waals surface area contributed by atoms with Gasteiger partial charge in [0, 0.05) is 11.9 Å². The summed E-state index contributed by atoms with van der Waals surface area (Å²) in [5, 5.41) is 12.5. The largest absolute Gasteiger partial charge is 0.351 e. The van der Waals surface area contributed by atoms with Crippen molar-refractivity contribution >= 4 is 28.8 Å². The van der Waals surface area contributed by atoms with Crippen LogP contribution in [0.15, 0.2) is 11.4 Å². The molecule has 13 heavy (non-hydrogen) atoms. The molecule has 1 aromatic rings. The number of nitrogens with zero attached hydrogens (tertiary/aromatic N) is 1. The SMILES string of the molecule is N#CCCNC(=O)c1csc(Cl)c1. The molecule has 0 radical (unpaired) electrons. The van der Waals surface area contributed by atoms with E-state index in [9.17, 15) is 4.79 Å². The van der Waals surface area contributed by atoms with Gasteiger partial charge in [-0.25, -0.2) is 0 Å². The molecule has 3 nitrogen and oxygen atoms in total. The molecule has 1 N–H and O–H groups in total. The maximum Gasteiger partial charge on any atom is 0.252 e. The number of carbonyl (C=O) groups excluding carboxylic acids is 1. The lowest BCUT2D eigenvalue weighted by Crippen LogP contribution is -2.23. The van der Waals surface area contributed by atoms with Crippen LogP contribution in [0, 0.1) is 11.3 Å². The van der Waals surface area contributed by atoms with Crippen LogP contribution < -0.4 is 5.32 Å². The molecule has 0 aromatic carbocycles. The average molecular weight is 215 g/mol. The second-order valence-corrected chi connectivity index (χ2v) is 3.85. The van der Waals surface area contributed by atoms with Gasteiger partial charge in [-0.3, -0.25) is 4.79 Å². The average Bonchev–Trinajstić information content (AvgIpc) is 2.52. The summed E-state index contributed by atoms with van der Waals surface area (Å²) < 4.78 is 0.588. The molecule has 0 unspecified atom stereocenters. The molecule has 0 saturated heterocycles. The third kappa shape index (κ3) is 3.05. The van der Waals surface area contributed by atoms with Gasteiger partial charge in [-0.1, -0.05) is 11.6 Å². The minimum atomic E-state index is -0.182. The maximum absolute atomic E-state index is 11.3. The molecule has 0 fully saturated rings. The first-order valence-electron chi connectivity index (χ1n) is 3.63. The van der Waals surface area contributed by atoms with E-state index < -0.39 is 0 Å². The van der Waals surface area contributed by atoms with E-state index in [1.165, 1.54) is 11.3 Å². The smallest absolute Gasteiger partial charge is 0.252 e. The molecule has 0 saturated carbocycles. The Bertz CT molecular complexity index is 342. The standard InChI is InChI=1S/C8H7ClN2OS/c9-7-4-6(5-13-7)8(12)11-3-1-2-10/h4-5H,1,3H2,(H,11,12). The van der Waals surface area contributed by atoms with Gasteiger partial charge in [0.2, 0.25) is 0 Å². The minimum absolute atomic E-state index is 0.182. The van der Waals surface area contributed by atoms with Crippen molar-refractivity contribution in [2.45, 2.75) is 6.42 Å². The highest BCUT2D eigenvalue weighted by Gasteiger charge is 2.06. The number of nitriles is 1. The zero-order chi connectivity index (χ0) is 9.68. The number of hydrogen-bond donors (Lipinski definition) is 1. The molecule has 1 rings (SSSR count). The number of amides is 1. The fourth-order valence-electron chi connectivity index (χ4n) is 0.763. The van der Waals surface area contributed by atoms with Gasteiger partial charge < -0.3 is 5.32 Å². The van der Waals surface area contributed by atoms with Crippen molar-refractivity contribution in [3.05, 3.63) is 21.3 Å². The van der Waals surface area contributed by atoms with E-state index in [0.29, 0.717) is 22.9 Å². The molecule has 0 aliphatic heterocycles. The van der Waals surface area contributed by atoms with E-state index in [0.717, 1.165) is 0 Å². The van der Waals surface area contributed by atoms with Crippen molar-refractivity contribution < 1.29 is 4.79 Å². The molecular weight excluding hydrogens is 208 g/mol. The van der Waals surface area contributed by atoms with Crippen molar-refractivity contribution in [2.75, 3.05) is 6.54 Å². The molecule has 68 valence electrons. The molecule has 0 atom stereocenters. The Morgan fingerprint density at radius 3 is 3.08 bits per heavy atom. The lowest BCUT2D eigenvalue weighted by molar-refractivity contribution is 0.0955. The fraction of sp³-hybridized carbons (Fsp3) is 0.250. The molecule has 5 heteroatoms. The van der Waals surface area contributed by atoms with Crippen LogP contribution in [0.1, 0.15) is 16.8 Å². The van der Waals surface area contributed by atoms with E-state index in [1.807, 2.05) is 6.07 Å². The van der Waals surface area contributed by atoms with Crippen LogP contribution in [-0.4, -0.2) is 12.5 Å². The van der Waals surface area contributed by atoms with Gasteiger partial charge >= 0.3 is 0 Å². The van der Waals surface area contributed by atoms with Crippen LogP contribution in [0.2, 0.25) is 4.34 Å². The highest BCUT2D eigenvalue weighted by atomic mass is 35.5. The van der Waals surface area contributed by atoms with E-state index in [1.54, 1.807) is 11.4 Å². The number of carbonyl (C=O) groups is 1. The van der Waals surface area contributed by atoms with E-state index in [2.05, 4.69) is 5.32 Å². The predicted octanol–water partition coefficient (Wildman–Crippen LogP) is 2.04. The Hall–Kier alpha value is -1.05. The quantitative estimate of drug-likeness (QED) is 0.783. The van der Waals surface area contributed by atoms with Crippen molar-refractivity contribution in [3.8, 4) is 6.07 Å². The summed E-state index contributed by atoms with van der Waals surface area (Å²) in [4.78, 5) is 11.3. The summed E-state index contributed by atoms with van der Waals surface area (Å²) in [7, 11) is 0. The van der Waals surface area contributed by atoms with Gasteiger partial charge in [0.15, 0.2) is 0 Å². The van der Waals surface area contributed by atoms with Gasteiger partial charge in [0.25, 0.3) is 5.91 Å². The summed E-state index contributed by atoms with van der Waals surface area (Å²) in [5.41, 5.74) is 0.549. The molecular formula is C8H7ClN2OS. The van der Waals surface area contributed by atoms with E-state index >= 15 is 0 Å². The van der Waals surface area contributed by atoms with Gasteiger partial charge in [-0.15, -0.1) is 11.3 Å². The van der Waals surface area contributed by atoms with Crippen LogP contribution in [0.25, 0.3) is 0 Å². The number of hydrogen-bond acceptors (Lipinski definition) is 3. The van der Waals surface area contributed by atoms with Crippen molar-refractivity contribution in [1.82, 2.24) is 5.32 Å². The Kier molecular flexibility index (Phi) is 3.74. The highest BCUT2D eigenvalue weighted by molar-refractivity contribution is 7.14. The summed E-state index contributed by atoms with van der Waals surface area (Å²) in [6.07, 6.45) is 0.323. The summed E-state index contributed by atoms with van der Waals surface area (Å²) in [6.45, 7) is 0.378. The first-order valence-corrected chi connectivity index (χ1v) is 4.89. The first kappa shape index (κ1) is 10.0. The van der Waals surface area contributed by atoms with Gasteiger partial charge in [0.05, 0.1) is 22.4 Å². The Balaban J connectivity index is 2.45. The molecule has 1 aromatic heterocycles. The molecule has 0 aliphatic rings. The summed E-state index contributed by atoms with van der Waals surface area (Å²) >= 11 is 6.96. The zero-order valence-electron chi connectivity index (χ0n) is 6.71. The van der Waals surface area contributed by atoms with Crippen LogP contribution in [0.3, 0.4) is 0 Å². The number of nitrogens with one attached hydrogen (secondary N) is 1. The number of rotatable bonds is 3. The number of thiophene rings is 1. The van der Waals surface area contributed by atoms with Gasteiger partial charge in [-0.05, 0) is 6.07 Å². The second kappa shape index (κ2) is 4.85. The summed E-state index contributed by atoms with van der Waals surface area (Å²) in [6, 6.07) is 3.55. The molecule has 0 spiro atoms. The predicted molar refractivity (Wildman–Crippen MR) is 51.9 cm³/mol. The molecule has 1 heterocycles. The third-order valence-electron chi connectivity index (χ3n) is 1.35. The Morgan fingerprint density at radius 1 is 1.77 bits per heavy atom. The fourth-order valence-corrected chi connectivity index (χ4v) is 1.62. The van der Waals surface area contributed by atoms with Gasteiger partial charge in [-0.2, -0.15) is 5.26 Å². The van der Waals surface area contributed by atoms with Crippen LogP contribution >= 0.6 is 22.9 Å². The summed E-state index contributed by atoms with van der Waals surface area (Å²) in [5.74, 6) is -0.182. The van der Waals surface area contributed by atoms with E-state index in [4.69, 9.17) is 16.9 Å². The van der Waals surface area contributed by atoms with Gasteiger partial charge in [0.1, 0.15) is 0 Å². The maximum atomic E-state index is 11.3. The third-order valence-corrected chi connectivity index (χ3v) is 2.44. The van der Waals surface area contributed by atoms with E-state index in [-0.39, 0.29) is 5.91 Å². The van der Waals surface area contributed by atoms with Crippen LogP contribution in [-0.2, 0) is 0 Å². The second-order valence-electron chi connectivity index (χ2n) is 2.30. The molecule has 1 amide bonds. The lowest BCUT2D eigenvalue weighted by Gasteiger charge is -1.98. The van der Waals surface area contributed by atoms with Crippen molar-refractivity contribution in [2.24, 2.45) is 0 Å². The van der Waals surface area contributed by atoms with Crippen molar-refractivity contribution in [1.29, 1.82) is 5.26 Å². The topological polar surface area (TPSA) is 52.9 Å². The monoisotopic (exact) mass is 214 g/mol. The Morgan fingerprint density at radius 2 is 2.54 bits per heavy atom. The minimum Gasteiger partial charge on any atom is -0.351 e. The first-order chi connectivity index (χ1) is 6.24. The zero-order valence-corrected chi connectivity index (χ0v) is 8.28. The van der Waals surface area contributed by atoms with Crippen LogP contribution in [0.4, 0.5) is 0 Å². The van der Waals surface area contributed by atoms with Crippen LogP contribution in [0.5, 0.6) is 0 Å².